The first-order chi connectivity index (χ1) is 24.7. The molecule has 2 aliphatic rings. The van der Waals surface area contributed by atoms with Crippen LogP contribution in [0, 0.1) is 5.92 Å². The Morgan fingerprint density at radius 1 is 0.962 bits per heavy atom. The van der Waals surface area contributed by atoms with E-state index in [1.54, 1.807) is 11.2 Å². The number of piperidine rings is 1. The van der Waals surface area contributed by atoms with Crippen molar-refractivity contribution in [2.75, 3.05) is 60.2 Å². The third kappa shape index (κ3) is 13.0. The van der Waals surface area contributed by atoms with Gasteiger partial charge in [0.05, 0.1) is 45.4 Å². The minimum absolute atomic E-state index is 0. The minimum atomic E-state index is -0.912. The van der Waals surface area contributed by atoms with Crippen LogP contribution in [0.5, 0.6) is 0 Å². The SMILES string of the molecule is CC.CC.CCC(C)C1c2c(n(CCC(=O)N3CCC(N(CCOCCOCCC(=O)O)C(=O)CC[C-]=O)CC3)c3ccccc23)CN(C)N1C.[W]. The fourth-order valence-electron chi connectivity index (χ4n) is 6.99. The zero-order valence-electron chi connectivity index (χ0n) is 32.9. The van der Waals surface area contributed by atoms with Gasteiger partial charge in [-0.3, -0.25) is 20.7 Å². The number of hydrogen-bond acceptors (Lipinski definition) is 8. The number of rotatable bonds is 18. The molecule has 1 fully saturated rings. The van der Waals surface area contributed by atoms with E-state index in [9.17, 15) is 19.2 Å². The van der Waals surface area contributed by atoms with E-state index in [-0.39, 0.29) is 77.4 Å². The topological polar surface area (TPSA) is 125 Å². The molecule has 1 N–H and O–H groups in total. The molecule has 3 heterocycles. The summed E-state index contributed by atoms with van der Waals surface area (Å²) in [5, 5.41) is 14.6. The molecule has 13 heteroatoms. The zero-order valence-corrected chi connectivity index (χ0v) is 35.8. The van der Waals surface area contributed by atoms with Gasteiger partial charge in [0.1, 0.15) is 0 Å². The van der Waals surface area contributed by atoms with Gasteiger partial charge in [0, 0.05) is 102 Å². The van der Waals surface area contributed by atoms with Crippen molar-refractivity contribution in [1.82, 2.24) is 24.4 Å². The standard InChI is InChI=1S/C35H52N5O7.2C2H6.W/c1-5-26(2)35-34-28-9-6-7-10-29(28)40(30(34)25-36(3)37(35)4)18-14-31(42)38-16-12-27(13-17-38)39(32(43)11-8-20-41)19-22-47-24-23-46-21-15-33(44)45;2*1-2;/h6-7,9-10,26-27,35H,5,8,11-19,21-25H2,1-4H3,(H,44,45);2*1-2H3;/q-1;;;. The van der Waals surface area contributed by atoms with Crippen LogP contribution in [-0.4, -0.2) is 120 Å². The van der Waals surface area contributed by atoms with E-state index < -0.39 is 5.97 Å². The van der Waals surface area contributed by atoms with E-state index in [0.29, 0.717) is 64.6 Å². The van der Waals surface area contributed by atoms with Gasteiger partial charge in [0.15, 0.2) is 0 Å². The number of hydrogen-bond donors (Lipinski definition) is 1. The number of aliphatic carboxylic acids is 1. The second-order valence-electron chi connectivity index (χ2n) is 12.7. The number of nitrogens with zero attached hydrogens (tertiary/aromatic N) is 5. The van der Waals surface area contributed by atoms with Crippen molar-refractivity contribution in [3.8, 4) is 0 Å². The Morgan fingerprint density at radius 3 is 2.21 bits per heavy atom. The van der Waals surface area contributed by atoms with E-state index in [1.807, 2.05) is 32.6 Å². The molecule has 0 bridgehead atoms. The summed E-state index contributed by atoms with van der Waals surface area (Å²) < 4.78 is 13.2. The molecule has 294 valence electrons. The van der Waals surface area contributed by atoms with Gasteiger partial charge in [-0.05, 0) is 24.8 Å². The number of amides is 2. The van der Waals surface area contributed by atoms with Gasteiger partial charge in [-0.2, -0.15) is 0 Å². The largest absolute Gasteiger partial charge is 0.542 e. The smallest absolute Gasteiger partial charge is 0.305 e. The Hall–Kier alpha value is -2.63. The average Bonchev–Trinajstić information content (AvgIpc) is 3.46. The van der Waals surface area contributed by atoms with Crippen LogP contribution in [0.1, 0.15) is 104 Å². The molecule has 1 aromatic carbocycles. The molecule has 12 nitrogen and oxygen atoms in total. The number of carbonyl (C=O) groups excluding carboxylic acids is 3. The molecule has 0 aliphatic carbocycles. The predicted octanol–water partition coefficient (Wildman–Crippen LogP) is 5.68. The second-order valence-corrected chi connectivity index (χ2v) is 12.7. The molecular formula is C39H64N5O7W-. The minimum Gasteiger partial charge on any atom is -0.542 e. The molecule has 52 heavy (non-hydrogen) atoms. The Morgan fingerprint density at radius 2 is 1.60 bits per heavy atom. The summed E-state index contributed by atoms with van der Waals surface area (Å²) in [5.41, 5.74) is 3.85. The van der Waals surface area contributed by atoms with Crippen LogP contribution in [0.3, 0.4) is 0 Å². The number of carboxylic acids is 1. The number of fused-ring (bicyclic) bond motifs is 3. The summed E-state index contributed by atoms with van der Waals surface area (Å²) in [5.74, 6) is -0.433. The van der Waals surface area contributed by atoms with E-state index in [2.05, 4.69) is 66.8 Å². The van der Waals surface area contributed by atoms with E-state index >= 15 is 0 Å². The molecule has 1 aromatic heterocycles. The van der Waals surface area contributed by atoms with Crippen molar-refractivity contribution in [3.63, 3.8) is 0 Å². The van der Waals surface area contributed by atoms with E-state index in [0.717, 1.165) is 13.0 Å². The van der Waals surface area contributed by atoms with Crippen LogP contribution in [0.15, 0.2) is 24.3 Å². The summed E-state index contributed by atoms with van der Waals surface area (Å²) in [7, 11) is 4.30. The maximum atomic E-state index is 13.5. The fraction of sp³-hybridized carbons (Fsp3) is 0.692. The Kier molecular flexibility index (Phi) is 23.1. The number of likely N-dealkylation sites (tertiary alicyclic amines) is 1. The van der Waals surface area contributed by atoms with Crippen molar-refractivity contribution >= 4 is 35.0 Å². The number of carbonyl (C=O) groups is 3. The number of hydrazine groups is 1. The van der Waals surface area contributed by atoms with Crippen LogP contribution >= 0.6 is 0 Å². The van der Waals surface area contributed by atoms with Gasteiger partial charge >= 0.3 is 5.97 Å². The number of carboxylic acid groups (broad SMARTS) is 1. The molecule has 0 radical (unpaired) electrons. The molecule has 4 rings (SSSR count). The maximum absolute atomic E-state index is 13.5. The van der Waals surface area contributed by atoms with Crippen LogP contribution in [0.4, 0.5) is 0 Å². The summed E-state index contributed by atoms with van der Waals surface area (Å²) in [4.78, 5) is 51.6. The zero-order chi connectivity index (χ0) is 37.9. The van der Waals surface area contributed by atoms with E-state index in [4.69, 9.17) is 14.6 Å². The average molecular weight is 899 g/mol. The molecule has 2 atom stereocenters. The van der Waals surface area contributed by atoms with Crippen LogP contribution in [0.25, 0.3) is 10.9 Å². The first-order valence-corrected chi connectivity index (χ1v) is 19.0. The normalized spacial score (nSPS) is 16.8. The monoisotopic (exact) mass is 898 g/mol. The molecule has 2 aromatic rings. The predicted molar refractivity (Wildman–Crippen MR) is 201 cm³/mol. The molecule has 2 amide bonds. The van der Waals surface area contributed by atoms with Gasteiger partial charge in [-0.15, -0.1) is 6.42 Å². The molecule has 0 spiro atoms. The van der Waals surface area contributed by atoms with Crippen molar-refractivity contribution in [3.05, 3.63) is 35.5 Å². The van der Waals surface area contributed by atoms with Gasteiger partial charge in [-0.1, -0.05) is 66.2 Å². The van der Waals surface area contributed by atoms with Gasteiger partial charge in [0.25, 0.3) is 0 Å². The van der Waals surface area contributed by atoms with Crippen LogP contribution in [0.2, 0.25) is 0 Å². The molecule has 2 unspecified atom stereocenters. The maximum Gasteiger partial charge on any atom is 0.305 e. The summed E-state index contributed by atoms with van der Waals surface area (Å²) >= 11 is 0. The molecule has 0 saturated carbocycles. The molecule has 2 aliphatic heterocycles. The number of benzene rings is 1. The fourth-order valence-corrected chi connectivity index (χ4v) is 6.99. The Bertz CT molecular complexity index is 1360. The van der Waals surface area contributed by atoms with Gasteiger partial charge < -0.3 is 33.7 Å². The van der Waals surface area contributed by atoms with E-state index in [1.165, 1.54) is 22.2 Å². The quantitative estimate of drug-likeness (QED) is 0.149. The van der Waals surface area contributed by atoms with Crippen molar-refractivity contribution in [2.45, 2.75) is 112 Å². The van der Waals surface area contributed by atoms with Gasteiger partial charge in [0.2, 0.25) is 11.8 Å². The van der Waals surface area contributed by atoms with Crippen molar-refractivity contribution < 1.29 is 54.8 Å². The van der Waals surface area contributed by atoms with Crippen molar-refractivity contribution in [2.24, 2.45) is 5.92 Å². The number of para-hydroxylation sites is 1. The second kappa shape index (κ2) is 25.4. The number of aromatic nitrogens is 1. The van der Waals surface area contributed by atoms with Crippen LogP contribution in [-0.2, 0) is 62.8 Å². The van der Waals surface area contributed by atoms with Crippen LogP contribution < -0.4 is 0 Å². The first kappa shape index (κ1) is 47.4. The van der Waals surface area contributed by atoms with Gasteiger partial charge in [-0.25, -0.2) is 10.0 Å². The van der Waals surface area contributed by atoms with Crippen molar-refractivity contribution in [1.29, 1.82) is 0 Å². The Balaban J connectivity index is 0.00000261. The molecule has 1 saturated heterocycles. The summed E-state index contributed by atoms with van der Waals surface area (Å²) in [6.45, 7) is 16.5. The third-order valence-corrected chi connectivity index (χ3v) is 9.80. The number of ether oxygens (including phenoxy) is 2. The first-order valence-electron chi connectivity index (χ1n) is 19.0. The number of aryl methyl sites for hydroxylation is 1. The third-order valence-electron chi connectivity index (χ3n) is 9.80. The summed E-state index contributed by atoms with van der Waals surface area (Å²) in [6.07, 6.45) is 4.70. The molecular weight excluding hydrogens is 834 g/mol. The summed E-state index contributed by atoms with van der Waals surface area (Å²) in [6, 6.07) is 8.79. The Labute approximate surface area is 326 Å².